The van der Waals surface area contributed by atoms with Crippen molar-refractivity contribution in [2.75, 3.05) is 5.32 Å². The second-order valence-electron chi connectivity index (χ2n) is 6.35. The molecule has 0 bridgehead atoms. The van der Waals surface area contributed by atoms with Crippen molar-refractivity contribution in [3.8, 4) is 0 Å². The molecule has 138 valence electrons. The molecule has 0 fully saturated rings. The number of aryl methyl sites for hydroxylation is 4. The van der Waals surface area contributed by atoms with Crippen LogP contribution in [0.25, 0.3) is 22.1 Å². The number of fused-ring (bicyclic) bond motifs is 2. The Kier molecular flexibility index (Phi) is 3.94. The molecule has 0 aliphatic carbocycles. The van der Waals surface area contributed by atoms with E-state index in [1.165, 1.54) is 21.8 Å². The molecule has 0 atom stereocenters. The molecular formula is C17H18N8O2. The van der Waals surface area contributed by atoms with E-state index < -0.39 is 0 Å². The van der Waals surface area contributed by atoms with Gasteiger partial charge in [0.1, 0.15) is 5.39 Å². The van der Waals surface area contributed by atoms with Crippen LogP contribution in [0, 0.1) is 6.92 Å². The largest absolute Gasteiger partial charge is 0.325 e. The number of aromatic nitrogens is 7. The van der Waals surface area contributed by atoms with Gasteiger partial charge < -0.3 is 5.32 Å². The summed E-state index contributed by atoms with van der Waals surface area (Å²) in [7, 11) is 3.55. The van der Waals surface area contributed by atoms with Crippen molar-refractivity contribution in [2.45, 2.75) is 19.9 Å². The Balaban J connectivity index is 1.48. The fourth-order valence-electron chi connectivity index (χ4n) is 3.05. The predicted octanol–water partition coefficient (Wildman–Crippen LogP) is 0.749. The van der Waals surface area contributed by atoms with Gasteiger partial charge in [0.2, 0.25) is 5.91 Å². The summed E-state index contributed by atoms with van der Waals surface area (Å²) in [4.78, 5) is 33.3. The second-order valence-corrected chi connectivity index (χ2v) is 6.35. The lowest BCUT2D eigenvalue weighted by molar-refractivity contribution is -0.116. The van der Waals surface area contributed by atoms with Gasteiger partial charge in [0.15, 0.2) is 11.3 Å². The lowest BCUT2D eigenvalue weighted by atomic mass is 10.2. The number of carbonyl (C=O) groups is 1. The maximum Gasteiger partial charge on any atom is 0.264 e. The van der Waals surface area contributed by atoms with E-state index in [-0.39, 0.29) is 24.4 Å². The smallest absolute Gasteiger partial charge is 0.264 e. The lowest BCUT2D eigenvalue weighted by Crippen LogP contribution is -2.23. The first-order valence-electron chi connectivity index (χ1n) is 8.40. The number of nitrogens with one attached hydrogen (secondary N) is 1. The van der Waals surface area contributed by atoms with Crippen molar-refractivity contribution < 1.29 is 4.79 Å². The fraction of sp³-hybridized carbons (Fsp3) is 0.294. The van der Waals surface area contributed by atoms with Crippen molar-refractivity contribution in [1.82, 2.24) is 34.1 Å². The first kappa shape index (κ1) is 16.9. The molecule has 27 heavy (non-hydrogen) atoms. The minimum absolute atomic E-state index is 0.136. The van der Waals surface area contributed by atoms with Crippen LogP contribution < -0.4 is 10.9 Å². The van der Waals surface area contributed by atoms with Crippen LogP contribution in [0.1, 0.15) is 12.1 Å². The zero-order chi connectivity index (χ0) is 19.1. The summed E-state index contributed by atoms with van der Waals surface area (Å²) >= 11 is 0. The topological polar surface area (TPSA) is 113 Å². The molecule has 4 rings (SSSR count). The number of carbonyl (C=O) groups excluding carboxylic acids is 1. The Morgan fingerprint density at radius 1 is 1.11 bits per heavy atom. The van der Waals surface area contributed by atoms with Gasteiger partial charge in [-0.2, -0.15) is 10.2 Å². The summed E-state index contributed by atoms with van der Waals surface area (Å²) in [5, 5.41) is 12.5. The number of anilines is 1. The van der Waals surface area contributed by atoms with Crippen molar-refractivity contribution in [3.63, 3.8) is 0 Å². The van der Waals surface area contributed by atoms with Crippen LogP contribution in [0.4, 0.5) is 5.69 Å². The SMILES string of the molecule is Cc1nn(C)c2ncc(NC(=O)CCn3cnc4c(cnn4C)c3=O)cc12. The molecule has 10 heteroatoms. The number of hydrogen-bond acceptors (Lipinski definition) is 6. The zero-order valence-corrected chi connectivity index (χ0v) is 15.2. The molecule has 0 radical (unpaired) electrons. The number of nitrogens with zero attached hydrogens (tertiary/aromatic N) is 7. The van der Waals surface area contributed by atoms with E-state index in [4.69, 9.17) is 0 Å². The van der Waals surface area contributed by atoms with Crippen LogP contribution in [0.2, 0.25) is 0 Å². The maximum absolute atomic E-state index is 12.4. The minimum atomic E-state index is -0.213. The molecule has 0 aliphatic heterocycles. The first-order valence-corrected chi connectivity index (χ1v) is 8.40. The summed E-state index contributed by atoms with van der Waals surface area (Å²) in [6.07, 6.45) is 4.65. The lowest BCUT2D eigenvalue weighted by Gasteiger charge is -2.07. The van der Waals surface area contributed by atoms with Crippen molar-refractivity contribution in [1.29, 1.82) is 0 Å². The minimum Gasteiger partial charge on any atom is -0.325 e. The third-order valence-electron chi connectivity index (χ3n) is 4.44. The molecule has 1 amide bonds. The molecule has 0 spiro atoms. The molecule has 4 aromatic rings. The summed E-state index contributed by atoms with van der Waals surface area (Å²) in [5.41, 5.74) is 2.50. The van der Waals surface area contributed by atoms with Crippen LogP contribution >= 0.6 is 0 Å². The van der Waals surface area contributed by atoms with Gasteiger partial charge in [-0.15, -0.1) is 0 Å². The molecule has 1 N–H and O–H groups in total. The van der Waals surface area contributed by atoms with E-state index in [0.717, 1.165) is 16.7 Å². The normalized spacial score (nSPS) is 11.4. The molecule has 10 nitrogen and oxygen atoms in total. The van der Waals surface area contributed by atoms with Gasteiger partial charge in [-0.05, 0) is 13.0 Å². The molecule has 0 aliphatic rings. The quantitative estimate of drug-likeness (QED) is 0.570. The Morgan fingerprint density at radius 3 is 2.70 bits per heavy atom. The fourth-order valence-corrected chi connectivity index (χ4v) is 3.05. The summed E-state index contributed by atoms with van der Waals surface area (Å²) in [6.45, 7) is 2.12. The van der Waals surface area contributed by atoms with E-state index in [0.29, 0.717) is 16.7 Å². The Bertz CT molecular complexity index is 1230. The number of hydrogen-bond donors (Lipinski definition) is 1. The molecule has 0 unspecified atom stereocenters. The van der Waals surface area contributed by atoms with Gasteiger partial charge in [-0.1, -0.05) is 0 Å². The number of pyridine rings is 1. The van der Waals surface area contributed by atoms with Gasteiger partial charge in [0.25, 0.3) is 5.56 Å². The number of amides is 1. The van der Waals surface area contributed by atoms with E-state index in [2.05, 4.69) is 25.5 Å². The molecule has 4 heterocycles. The highest BCUT2D eigenvalue weighted by Crippen LogP contribution is 2.19. The van der Waals surface area contributed by atoms with Crippen LogP contribution in [0.15, 0.2) is 29.6 Å². The van der Waals surface area contributed by atoms with E-state index >= 15 is 0 Å². The predicted molar refractivity (Wildman–Crippen MR) is 99.3 cm³/mol. The van der Waals surface area contributed by atoms with Gasteiger partial charge >= 0.3 is 0 Å². The highest BCUT2D eigenvalue weighted by atomic mass is 16.2. The van der Waals surface area contributed by atoms with E-state index in [9.17, 15) is 9.59 Å². The molecule has 4 aromatic heterocycles. The van der Waals surface area contributed by atoms with E-state index in [1.54, 1.807) is 17.9 Å². The van der Waals surface area contributed by atoms with Gasteiger partial charge in [-0.3, -0.25) is 23.5 Å². The highest BCUT2D eigenvalue weighted by Gasteiger charge is 2.11. The summed E-state index contributed by atoms with van der Waals surface area (Å²) < 4.78 is 4.65. The Labute approximate surface area is 153 Å². The average molecular weight is 366 g/mol. The van der Waals surface area contributed by atoms with Crippen LogP contribution in [-0.4, -0.2) is 40.0 Å². The highest BCUT2D eigenvalue weighted by molar-refractivity contribution is 5.93. The molecule has 0 saturated carbocycles. The van der Waals surface area contributed by atoms with Gasteiger partial charge in [-0.25, -0.2) is 9.97 Å². The van der Waals surface area contributed by atoms with Crippen LogP contribution in [0.5, 0.6) is 0 Å². The van der Waals surface area contributed by atoms with Crippen molar-refractivity contribution >= 4 is 33.7 Å². The standard InChI is InChI=1S/C17H18N8O2/c1-10-12-6-11(7-18-15(12)24(3)22-10)21-14(26)4-5-25-9-19-16-13(17(25)27)8-20-23(16)2/h6-9H,4-5H2,1-3H3,(H,21,26). The molecule has 0 aromatic carbocycles. The average Bonchev–Trinajstić information content (AvgIpc) is 3.15. The van der Waals surface area contributed by atoms with Crippen molar-refractivity contribution in [2.24, 2.45) is 14.1 Å². The van der Waals surface area contributed by atoms with Crippen LogP contribution in [0.3, 0.4) is 0 Å². The maximum atomic E-state index is 12.4. The zero-order valence-electron chi connectivity index (χ0n) is 15.2. The third-order valence-corrected chi connectivity index (χ3v) is 4.44. The van der Waals surface area contributed by atoms with E-state index in [1.807, 2.05) is 20.0 Å². The Hall–Kier alpha value is -3.56. The van der Waals surface area contributed by atoms with Gasteiger partial charge in [0.05, 0.1) is 30.1 Å². The third kappa shape index (κ3) is 2.94. The molecule has 0 saturated heterocycles. The van der Waals surface area contributed by atoms with Crippen LogP contribution in [-0.2, 0) is 25.4 Å². The Morgan fingerprint density at radius 2 is 1.89 bits per heavy atom. The molecular weight excluding hydrogens is 348 g/mol. The van der Waals surface area contributed by atoms with Gasteiger partial charge in [0, 0.05) is 32.4 Å². The van der Waals surface area contributed by atoms with Crippen molar-refractivity contribution in [3.05, 3.63) is 40.8 Å². The first-order chi connectivity index (χ1) is 12.9. The monoisotopic (exact) mass is 366 g/mol. The summed E-state index contributed by atoms with van der Waals surface area (Å²) in [6, 6.07) is 1.85. The summed E-state index contributed by atoms with van der Waals surface area (Å²) in [5.74, 6) is -0.212. The number of rotatable bonds is 4. The second kappa shape index (κ2) is 6.31.